The van der Waals surface area contributed by atoms with Crippen molar-refractivity contribution in [2.24, 2.45) is 17.6 Å². The normalized spacial score (nSPS) is 19.4. The molecule has 1 saturated heterocycles. The maximum Gasteiger partial charge on any atom is 0.239 e. The van der Waals surface area contributed by atoms with Crippen molar-refractivity contribution in [3.05, 3.63) is 0 Å². The van der Waals surface area contributed by atoms with Gasteiger partial charge in [0, 0.05) is 19.6 Å². The molecule has 1 aliphatic rings. The van der Waals surface area contributed by atoms with Crippen LogP contribution in [-0.4, -0.2) is 55.0 Å². The lowest BCUT2D eigenvalue weighted by atomic mass is 10.0. The summed E-state index contributed by atoms with van der Waals surface area (Å²) in [4.78, 5) is 16.6. The summed E-state index contributed by atoms with van der Waals surface area (Å²) in [6, 6.07) is -0.313. The summed E-state index contributed by atoms with van der Waals surface area (Å²) in [5.74, 6) is 1.24. The first-order chi connectivity index (χ1) is 8.93. The monoisotopic (exact) mass is 341 g/mol. The van der Waals surface area contributed by atoms with Gasteiger partial charge >= 0.3 is 0 Å². The highest BCUT2D eigenvalue weighted by Gasteiger charge is 2.29. The van der Waals surface area contributed by atoms with Crippen LogP contribution in [0, 0.1) is 11.8 Å². The standard InChI is InChI=1S/C15H31N3O.2ClH/c1-5-7-17(4)10-13-6-8-18(11-13)15(19)14(16)9-12(2)3;;/h12-14H,5-11,16H2,1-4H3;2*1H/t13?,14-;;/m0../s1. The van der Waals surface area contributed by atoms with Gasteiger partial charge in [0.1, 0.15) is 0 Å². The summed E-state index contributed by atoms with van der Waals surface area (Å²) < 4.78 is 0. The van der Waals surface area contributed by atoms with Gasteiger partial charge in [-0.2, -0.15) is 0 Å². The van der Waals surface area contributed by atoms with Gasteiger partial charge in [0.05, 0.1) is 6.04 Å². The van der Waals surface area contributed by atoms with Crippen LogP contribution in [0.4, 0.5) is 0 Å². The number of halogens is 2. The number of amides is 1. The molecule has 2 atom stereocenters. The molecule has 6 heteroatoms. The Kier molecular flexibility index (Phi) is 12.8. The minimum absolute atomic E-state index is 0. The first kappa shape index (κ1) is 23.2. The van der Waals surface area contributed by atoms with Crippen LogP contribution in [0.15, 0.2) is 0 Å². The second-order valence-corrected chi connectivity index (χ2v) is 6.44. The molecule has 1 amide bonds. The van der Waals surface area contributed by atoms with Crippen molar-refractivity contribution in [3.63, 3.8) is 0 Å². The topological polar surface area (TPSA) is 49.6 Å². The number of nitrogens with two attached hydrogens (primary N) is 1. The molecule has 0 aromatic rings. The molecule has 1 rings (SSSR count). The van der Waals surface area contributed by atoms with Gasteiger partial charge in [-0.3, -0.25) is 4.79 Å². The lowest BCUT2D eigenvalue weighted by molar-refractivity contribution is -0.132. The summed E-state index contributed by atoms with van der Waals surface area (Å²) in [7, 11) is 2.17. The maximum absolute atomic E-state index is 12.2. The number of carbonyl (C=O) groups excluding carboxylic acids is 1. The minimum atomic E-state index is -0.313. The van der Waals surface area contributed by atoms with Gasteiger partial charge in [0.15, 0.2) is 0 Å². The predicted molar refractivity (Wildman–Crippen MR) is 94.4 cm³/mol. The lowest BCUT2D eigenvalue weighted by Gasteiger charge is -2.23. The van der Waals surface area contributed by atoms with E-state index in [0.29, 0.717) is 11.8 Å². The van der Waals surface area contributed by atoms with Crippen molar-refractivity contribution in [3.8, 4) is 0 Å². The van der Waals surface area contributed by atoms with Crippen LogP contribution < -0.4 is 5.73 Å². The van der Waals surface area contributed by atoms with E-state index in [9.17, 15) is 4.79 Å². The van der Waals surface area contributed by atoms with Crippen molar-refractivity contribution in [1.29, 1.82) is 0 Å². The van der Waals surface area contributed by atoms with E-state index in [1.165, 1.54) is 6.42 Å². The van der Waals surface area contributed by atoms with Crippen LogP contribution in [-0.2, 0) is 4.79 Å². The summed E-state index contributed by atoms with van der Waals surface area (Å²) in [6.07, 6.45) is 3.09. The highest BCUT2D eigenvalue weighted by Crippen LogP contribution is 2.19. The Bertz CT molecular complexity index is 290. The fourth-order valence-corrected chi connectivity index (χ4v) is 2.94. The van der Waals surface area contributed by atoms with E-state index < -0.39 is 0 Å². The van der Waals surface area contributed by atoms with Crippen molar-refractivity contribution in [2.45, 2.75) is 46.1 Å². The molecule has 4 nitrogen and oxygen atoms in total. The van der Waals surface area contributed by atoms with Gasteiger partial charge in [-0.05, 0) is 44.7 Å². The van der Waals surface area contributed by atoms with Crippen molar-refractivity contribution >= 4 is 30.7 Å². The van der Waals surface area contributed by atoms with E-state index in [-0.39, 0.29) is 36.8 Å². The zero-order chi connectivity index (χ0) is 14.4. The minimum Gasteiger partial charge on any atom is -0.341 e. The second-order valence-electron chi connectivity index (χ2n) is 6.44. The molecule has 1 aliphatic heterocycles. The third-order valence-electron chi connectivity index (χ3n) is 3.82. The molecular formula is C15H33Cl2N3O. The molecule has 0 bridgehead atoms. The Balaban J connectivity index is 0. The highest BCUT2D eigenvalue weighted by atomic mass is 35.5. The Labute approximate surface area is 142 Å². The fraction of sp³-hybridized carbons (Fsp3) is 0.933. The lowest BCUT2D eigenvalue weighted by Crippen LogP contribution is -2.43. The van der Waals surface area contributed by atoms with Crippen LogP contribution in [0.1, 0.15) is 40.0 Å². The number of likely N-dealkylation sites (tertiary alicyclic amines) is 1. The van der Waals surface area contributed by atoms with Gasteiger partial charge in [-0.25, -0.2) is 0 Å². The average molecular weight is 342 g/mol. The van der Waals surface area contributed by atoms with E-state index in [1.54, 1.807) is 0 Å². The molecule has 0 aromatic carbocycles. The molecule has 1 heterocycles. The van der Waals surface area contributed by atoms with Crippen molar-refractivity contribution in [2.75, 3.05) is 33.2 Å². The third kappa shape index (κ3) is 8.24. The number of hydrogen-bond acceptors (Lipinski definition) is 3. The Hall–Kier alpha value is -0.0300. The molecule has 1 fully saturated rings. The summed E-state index contributed by atoms with van der Waals surface area (Å²) in [5.41, 5.74) is 5.99. The number of carbonyl (C=O) groups is 1. The zero-order valence-corrected chi connectivity index (χ0v) is 15.5. The second kappa shape index (κ2) is 11.5. The highest BCUT2D eigenvalue weighted by molar-refractivity contribution is 5.85. The maximum atomic E-state index is 12.2. The Morgan fingerprint density at radius 1 is 1.38 bits per heavy atom. The molecule has 0 saturated carbocycles. The van der Waals surface area contributed by atoms with Crippen LogP contribution in [0.2, 0.25) is 0 Å². The first-order valence-electron chi connectivity index (χ1n) is 7.66. The number of nitrogens with zero attached hydrogens (tertiary/aromatic N) is 2. The molecule has 0 radical (unpaired) electrons. The predicted octanol–water partition coefficient (Wildman–Crippen LogP) is 2.39. The molecule has 0 aromatic heterocycles. The van der Waals surface area contributed by atoms with Gasteiger partial charge < -0.3 is 15.5 Å². The van der Waals surface area contributed by atoms with Crippen LogP contribution in [0.5, 0.6) is 0 Å². The van der Waals surface area contributed by atoms with Crippen molar-refractivity contribution < 1.29 is 4.79 Å². The summed E-state index contributed by atoms with van der Waals surface area (Å²) in [5, 5.41) is 0. The molecule has 21 heavy (non-hydrogen) atoms. The van der Waals surface area contributed by atoms with Gasteiger partial charge in [-0.1, -0.05) is 20.8 Å². The molecule has 128 valence electrons. The molecule has 1 unspecified atom stereocenters. The van der Waals surface area contributed by atoms with E-state index in [4.69, 9.17) is 5.73 Å². The first-order valence-corrected chi connectivity index (χ1v) is 7.66. The largest absolute Gasteiger partial charge is 0.341 e. The summed E-state index contributed by atoms with van der Waals surface area (Å²) >= 11 is 0. The molecule has 0 spiro atoms. The number of hydrogen-bond donors (Lipinski definition) is 1. The third-order valence-corrected chi connectivity index (χ3v) is 3.82. The fourth-order valence-electron chi connectivity index (χ4n) is 2.94. The average Bonchev–Trinajstić information content (AvgIpc) is 2.75. The Morgan fingerprint density at radius 3 is 2.52 bits per heavy atom. The van der Waals surface area contributed by atoms with Gasteiger partial charge in [0.25, 0.3) is 0 Å². The molecule has 0 aliphatic carbocycles. The van der Waals surface area contributed by atoms with Crippen molar-refractivity contribution in [1.82, 2.24) is 9.80 Å². The molecule has 2 N–H and O–H groups in total. The van der Waals surface area contributed by atoms with Crippen LogP contribution in [0.25, 0.3) is 0 Å². The van der Waals surface area contributed by atoms with E-state index in [0.717, 1.165) is 39.0 Å². The quantitative estimate of drug-likeness (QED) is 0.773. The van der Waals surface area contributed by atoms with Gasteiger partial charge in [0.2, 0.25) is 5.91 Å². The molecular weight excluding hydrogens is 309 g/mol. The van der Waals surface area contributed by atoms with Gasteiger partial charge in [-0.15, -0.1) is 24.8 Å². The summed E-state index contributed by atoms with van der Waals surface area (Å²) in [6.45, 7) is 10.4. The zero-order valence-electron chi connectivity index (χ0n) is 13.9. The SMILES string of the molecule is CCCN(C)CC1CCN(C(=O)[C@@H](N)CC(C)C)C1.Cl.Cl. The van der Waals surface area contributed by atoms with E-state index >= 15 is 0 Å². The van der Waals surface area contributed by atoms with E-state index in [1.807, 2.05) is 4.90 Å². The number of rotatable bonds is 7. The van der Waals surface area contributed by atoms with E-state index in [2.05, 4.69) is 32.7 Å². The van der Waals surface area contributed by atoms with Crippen LogP contribution >= 0.6 is 24.8 Å². The Morgan fingerprint density at radius 2 is 2.00 bits per heavy atom. The van der Waals surface area contributed by atoms with Crippen LogP contribution in [0.3, 0.4) is 0 Å². The smallest absolute Gasteiger partial charge is 0.239 e.